The van der Waals surface area contributed by atoms with E-state index in [-0.39, 0.29) is 5.41 Å². The van der Waals surface area contributed by atoms with E-state index in [1.165, 1.54) is 0 Å². The van der Waals surface area contributed by atoms with E-state index in [2.05, 4.69) is 5.32 Å². The number of Topliss-reactive ketones (excluding diaryl/α,β-unsaturated/α-hetero) is 1. The van der Waals surface area contributed by atoms with Crippen molar-refractivity contribution in [3.63, 3.8) is 0 Å². The third-order valence-corrected chi connectivity index (χ3v) is 3.72. The molecule has 3 rings (SSSR count). The van der Waals surface area contributed by atoms with Crippen molar-refractivity contribution in [2.45, 2.75) is 12.8 Å². The van der Waals surface area contributed by atoms with Crippen LogP contribution < -0.4 is 5.32 Å². The first-order valence-corrected chi connectivity index (χ1v) is 5.77. The van der Waals surface area contributed by atoms with Gasteiger partial charge in [-0.3, -0.25) is 4.79 Å². The summed E-state index contributed by atoms with van der Waals surface area (Å²) < 4.78 is 5.35. The third kappa shape index (κ3) is 1.35. The Kier molecular flexibility index (Phi) is 2.21. The van der Waals surface area contributed by atoms with Gasteiger partial charge in [-0.2, -0.15) is 0 Å². The highest BCUT2D eigenvalue weighted by Gasteiger charge is 2.43. The molecule has 1 fully saturated rings. The molecule has 0 atom stereocenters. The van der Waals surface area contributed by atoms with Gasteiger partial charge in [0, 0.05) is 31.0 Å². The first-order chi connectivity index (χ1) is 7.82. The van der Waals surface area contributed by atoms with E-state index in [4.69, 9.17) is 4.74 Å². The number of fused-ring (bicyclic) bond motifs is 1. The van der Waals surface area contributed by atoms with Crippen LogP contribution in [0.2, 0.25) is 0 Å². The fourth-order valence-corrected chi connectivity index (χ4v) is 2.63. The molecule has 0 saturated carbocycles. The van der Waals surface area contributed by atoms with E-state index in [1.807, 2.05) is 24.3 Å². The molecule has 84 valence electrons. The minimum Gasteiger partial charge on any atom is -0.383 e. The third-order valence-electron chi connectivity index (χ3n) is 3.72. The molecule has 0 radical (unpaired) electrons. The molecule has 0 bridgehead atoms. The molecule has 1 aromatic carbocycles. The standard InChI is InChI=1S/C13H15NO2/c15-12-10-3-1-2-4-11(10)14-9-13(12)5-7-16-8-6-13/h1-4,14H,5-9H2. The number of para-hydroxylation sites is 1. The largest absolute Gasteiger partial charge is 0.383 e. The molecular formula is C13H15NO2. The molecule has 2 aliphatic heterocycles. The zero-order valence-electron chi connectivity index (χ0n) is 9.16. The predicted molar refractivity (Wildman–Crippen MR) is 61.7 cm³/mol. The van der Waals surface area contributed by atoms with E-state index in [0.717, 1.165) is 30.6 Å². The monoisotopic (exact) mass is 217 g/mol. The summed E-state index contributed by atoms with van der Waals surface area (Å²) in [5.74, 6) is 0.296. The molecule has 1 spiro atoms. The normalized spacial score (nSPS) is 22.6. The molecule has 0 aliphatic carbocycles. The maximum Gasteiger partial charge on any atom is 0.173 e. The van der Waals surface area contributed by atoms with E-state index in [0.29, 0.717) is 19.0 Å². The van der Waals surface area contributed by atoms with E-state index < -0.39 is 0 Å². The van der Waals surface area contributed by atoms with Gasteiger partial charge in [-0.1, -0.05) is 12.1 Å². The van der Waals surface area contributed by atoms with Gasteiger partial charge in [0.05, 0.1) is 5.41 Å². The number of ketones is 1. The zero-order chi connectivity index (χ0) is 11.0. The van der Waals surface area contributed by atoms with Crippen molar-refractivity contribution in [2.24, 2.45) is 5.41 Å². The first kappa shape index (κ1) is 9.85. The average Bonchev–Trinajstić information content (AvgIpc) is 2.36. The number of ether oxygens (including phenoxy) is 1. The lowest BCUT2D eigenvalue weighted by Crippen LogP contribution is -2.45. The van der Waals surface area contributed by atoms with Crippen molar-refractivity contribution in [1.29, 1.82) is 0 Å². The summed E-state index contributed by atoms with van der Waals surface area (Å²) in [5.41, 5.74) is 1.60. The second-order valence-electron chi connectivity index (χ2n) is 4.62. The molecule has 0 unspecified atom stereocenters. The van der Waals surface area contributed by atoms with Crippen molar-refractivity contribution in [3.05, 3.63) is 29.8 Å². The van der Waals surface area contributed by atoms with Gasteiger partial charge in [-0.05, 0) is 25.0 Å². The summed E-state index contributed by atoms with van der Waals surface area (Å²) in [7, 11) is 0. The fourth-order valence-electron chi connectivity index (χ4n) is 2.63. The second-order valence-corrected chi connectivity index (χ2v) is 4.62. The Hall–Kier alpha value is -1.35. The van der Waals surface area contributed by atoms with Crippen LogP contribution in [0, 0.1) is 5.41 Å². The van der Waals surface area contributed by atoms with Crippen molar-refractivity contribution < 1.29 is 9.53 Å². The Bertz CT molecular complexity index is 422. The summed E-state index contributed by atoms with van der Waals surface area (Å²) in [6.45, 7) is 2.16. The first-order valence-electron chi connectivity index (χ1n) is 5.77. The van der Waals surface area contributed by atoms with Crippen molar-refractivity contribution in [1.82, 2.24) is 0 Å². The maximum absolute atomic E-state index is 12.5. The molecule has 16 heavy (non-hydrogen) atoms. The van der Waals surface area contributed by atoms with Crippen LogP contribution >= 0.6 is 0 Å². The Morgan fingerprint density at radius 1 is 1.19 bits per heavy atom. The van der Waals surface area contributed by atoms with Crippen LogP contribution in [0.1, 0.15) is 23.2 Å². The molecular weight excluding hydrogens is 202 g/mol. The minimum absolute atomic E-state index is 0.216. The SMILES string of the molecule is O=C1c2ccccc2NCC12CCOCC2. The van der Waals surface area contributed by atoms with Gasteiger partial charge in [0.15, 0.2) is 5.78 Å². The number of hydrogen-bond donors (Lipinski definition) is 1. The smallest absolute Gasteiger partial charge is 0.173 e. The van der Waals surface area contributed by atoms with Gasteiger partial charge in [0.2, 0.25) is 0 Å². The Labute approximate surface area is 94.8 Å². The summed E-state index contributed by atoms with van der Waals surface area (Å²) in [6.07, 6.45) is 1.68. The summed E-state index contributed by atoms with van der Waals surface area (Å²) in [6, 6.07) is 7.78. The van der Waals surface area contributed by atoms with Gasteiger partial charge in [0.1, 0.15) is 0 Å². The number of rotatable bonds is 0. The Morgan fingerprint density at radius 2 is 1.94 bits per heavy atom. The quantitative estimate of drug-likeness (QED) is 0.723. The number of anilines is 1. The number of benzene rings is 1. The zero-order valence-corrected chi connectivity index (χ0v) is 9.16. The summed E-state index contributed by atoms with van der Waals surface area (Å²) in [5, 5.41) is 3.38. The molecule has 0 amide bonds. The molecule has 1 saturated heterocycles. The fraction of sp³-hybridized carbons (Fsp3) is 0.462. The van der Waals surface area contributed by atoms with Gasteiger partial charge < -0.3 is 10.1 Å². The van der Waals surface area contributed by atoms with E-state index >= 15 is 0 Å². The van der Waals surface area contributed by atoms with Gasteiger partial charge in [-0.25, -0.2) is 0 Å². The highest BCUT2D eigenvalue weighted by molar-refractivity contribution is 6.07. The van der Waals surface area contributed by atoms with Gasteiger partial charge >= 0.3 is 0 Å². The lowest BCUT2D eigenvalue weighted by molar-refractivity contribution is 0.0205. The lowest BCUT2D eigenvalue weighted by Gasteiger charge is -2.39. The van der Waals surface area contributed by atoms with Crippen LogP contribution in [0.3, 0.4) is 0 Å². The molecule has 0 aromatic heterocycles. The number of carbonyl (C=O) groups excluding carboxylic acids is 1. The van der Waals surface area contributed by atoms with Gasteiger partial charge in [-0.15, -0.1) is 0 Å². The second kappa shape index (κ2) is 3.59. The van der Waals surface area contributed by atoms with Crippen LogP contribution in [0.4, 0.5) is 5.69 Å². The molecule has 2 heterocycles. The topological polar surface area (TPSA) is 38.3 Å². The Balaban J connectivity index is 2.00. The molecule has 3 nitrogen and oxygen atoms in total. The highest BCUT2D eigenvalue weighted by atomic mass is 16.5. The van der Waals surface area contributed by atoms with Crippen LogP contribution in [0.25, 0.3) is 0 Å². The summed E-state index contributed by atoms with van der Waals surface area (Å²) >= 11 is 0. The molecule has 1 N–H and O–H groups in total. The Morgan fingerprint density at radius 3 is 2.75 bits per heavy atom. The van der Waals surface area contributed by atoms with E-state index in [9.17, 15) is 4.79 Å². The van der Waals surface area contributed by atoms with Crippen molar-refractivity contribution in [2.75, 3.05) is 25.1 Å². The molecule has 3 heteroatoms. The van der Waals surface area contributed by atoms with Crippen LogP contribution in [-0.4, -0.2) is 25.5 Å². The van der Waals surface area contributed by atoms with Crippen LogP contribution in [0.5, 0.6) is 0 Å². The van der Waals surface area contributed by atoms with Crippen molar-refractivity contribution >= 4 is 11.5 Å². The summed E-state index contributed by atoms with van der Waals surface area (Å²) in [4.78, 5) is 12.5. The maximum atomic E-state index is 12.5. The predicted octanol–water partition coefficient (Wildman–Crippen LogP) is 2.09. The van der Waals surface area contributed by atoms with E-state index in [1.54, 1.807) is 0 Å². The minimum atomic E-state index is -0.216. The number of hydrogen-bond acceptors (Lipinski definition) is 3. The highest BCUT2D eigenvalue weighted by Crippen LogP contribution is 2.39. The average molecular weight is 217 g/mol. The number of carbonyl (C=O) groups is 1. The van der Waals surface area contributed by atoms with Crippen LogP contribution in [0.15, 0.2) is 24.3 Å². The van der Waals surface area contributed by atoms with Crippen LogP contribution in [-0.2, 0) is 4.74 Å². The van der Waals surface area contributed by atoms with Crippen molar-refractivity contribution in [3.8, 4) is 0 Å². The molecule has 1 aromatic rings. The van der Waals surface area contributed by atoms with Gasteiger partial charge in [0.25, 0.3) is 0 Å². The number of nitrogens with one attached hydrogen (secondary N) is 1. The lowest BCUT2D eigenvalue weighted by atomic mass is 9.72. The molecule has 2 aliphatic rings.